The molecule has 0 unspecified atom stereocenters. The standard InChI is InChI=1S/C15H18N2O/c18-13-6-3-8-17-9-7-11-10-4-1-2-5-12(10)16-14(11)15(13)17/h1-2,4-5,13,15-16,18H,3,6-9H2/t13-,15-/m1/s1. The largest absolute Gasteiger partial charge is 0.391 e. The highest BCUT2D eigenvalue weighted by atomic mass is 16.3. The Kier molecular flexibility index (Phi) is 2.26. The lowest BCUT2D eigenvalue weighted by molar-refractivity contribution is 0.00272. The van der Waals surface area contributed by atoms with Crippen LogP contribution < -0.4 is 0 Å². The number of fused-ring (bicyclic) bond motifs is 5. The SMILES string of the molecule is O[C@@H]1CCCN2CCc3c([nH]c4ccccc34)[C@@H]12. The fourth-order valence-electron chi connectivity index (χ4n) is 3.67. The predicted octanol–water partition coefficient (Wildman–Crippen LogP) is 2.22. The normalized spacial score (nSPS) is 28.1. The van der Waals surface area contributed by atoms with E-state index in [4.69, 9.17) is 0 Å². The molecule has 1 aromatic carbocycles. The topological polar surface area (TPSA) is 39.3 Å². The summed E-state index contributed by atoms with van der Waals surface area (Å²) in [6, 6.07) is 8.68. The number of nitrogens with one attached hydrogen (secondary N) is 1. The molecule has 2 aromatic rings. The van der Waals surface area contributed by atoms with Crippen LogP contribution in [0.3, 0.4) is 0 Å². The van der Waals surface area contributed by atoms with Gasteiger partial charge in [0.25, 0.3) is 0 Å². The van der Waals surface area contributed by atoms with Gasteiger partial charge in [-0.15, -0.1) is 0 Å². The first-order chi connectivity index (χ1) is 8.84. The minimum absolute atomic E-state index is 0.190. The molecular weight excluding hydrogens is 224 g/mol. The molecule has 0 radical (unpaired) electrons. The van der Waals surface area contributed by atoms with Crippen molar-refractivity contribution in [2.45, 2.75) is 31.4 Å². The van der Waals surface area contributed by atoms with Crippen molar-refractivity contribution < 1.29 is 5.11 Å². The molecule has 3 heterocycles. The molecule has 2 atom stereocenters. The molecule has 1 fully saturated rings. The second-order valence-electron chi connectivity index (χ2n) is 5.50. The number of aromatic nitrogens is 1. The Morgan fingerprint density at radius 2 is 2.11 bits per heavy atom. The Labute approximate surface area is 106 Å². The fraction of sp³-hybridized carbons (Fsp3) is 0.467. The molecule has 0 amide bonds. The van der Waals surface area contributed by atoms with Crippen LogP contribution in [0.5, 0.6) is 0 Å². The molecule has 0 spiro atoms. The van der Waals surface area contributed by atoms with Crippen molar-refractivity contribution in [3.05, 3.63) is 35.5 Å². The van der Waals surface area contributed by atoms with Gasteiger partial charge in [-0.2, -0.15) is 0 Å². The summed E-state index contributed by atoms with van der Waals surface area (Å²) in [7, 11) is 0. The third kappa shape index (κ3) is 1.38. The summed E-state index contributed by atoms with van der Waals surface area (Å²) in [6.45, 7) is 2.20. The van der Waals surface area contributed by atoms with Crippen molar-refractivity contribution in [2.24, 2.45) is 0 Å². The zero-order valence-electron chi connectivity index (χ0n) is 10.4. The van der Waals surface area contributed by atoms with Crippen LogP contribution in [0.2, 0.25) is 0 Å². The maximum atomic E-state index is 10.3. The van der Waals surface area contributed by atoms with Crippen molar-refractivity contribution in [3.8, 4) is 0 Å². The van der Waals surface area contributed by atoms with Gasteiger partial charge in [0.2, 0.25) is 0 Å². The van der Waals surface area contributed by atoms with Crippen LogP contribution in [-0.4, -0.2) is 34.2 Å². The van der Waals surface area contributed by atoms with Gasteiger partial charge >= 0.3 is 0 Å². The summed E-state index contributed by atoms with van der Waals surface area (Å²) in [5.41, 5.74) is 3.89. The first kappa shape index (κ1) is 10.6. The van der Waals surface area contributed by atoms with Gasteiger partial charge in [-0.05, 0) is 37.4 Å². The molecule has 3 nitrogen and oxygen atoms in total. The Balaban J connectivity index is 1.90. The minimum Gasteiger partial charge on any atom is -0.391 e. The number of aliphatic hydroxyl groups is 1. The quantitative estimate of drug-likeness (QED) is 0.743. The van der Waals surface area contributed by atoms with Crippen molar-refractivity contribution in [1.29, 1.82) is 0 Å². The second kappa shape index (κ2) is 3.84. The van der Waals surface area contributed by atoms with E-state index in [9.17, 15) is 5.11 Å². The molecule has 0 saturated carbocycles. The van der Waals surface area contributed by atoms with Gasteiger partial charge in [0.05, 0.1) is 12.1 Å². The molecule has 18 heavy (non-hydrogen) atoms. The Hall–Kier alpha value is -1.32. The van der Waals surface area contributed by atoms with Crippen LogP contribution >= 0.6 is 0 Å². The number of rotatable bonds is 0. The van der Waals surface area contributed by atoms with Crippen LogP contribution in [0.1, 0.15) is 30.1 Å². The summed E-state index contributed by atoms with van der Waals surface area (Å²) in [5.74, 6) is 0. The van der Waals surface area contributed by atoms with Crippen LogP contribution in [-0.2, 0) is 6.42 Å². The van der Waals surface area contributed by atoms with E-state index in [2.05, 4.69) is 34.1 Å². The molecule has 3 heteroatoms. The van der Waals surface area contributed by atoms with E-state index in [1.54, 1.807) is 0 Å². The maximum Gasteiger partial charge on any atom is 0.0764 e. The average molecular weight is 242 g/mol. The van der Waals surface area contributed by atoms with E-state index in [-0.39, 0.29) is 12.1 Å². The molecule has 4 rings (SSSR count). The molecule has 2 aliphatic rings. The zero-order chi connectivity index (χ0) is 12.1. The highest BCUT2D eigenvalue weighted by molar-refractivity contribution is 5.85. The molecule has 0 aliphatic carbocycles. The molecule has 2 aliphatic heterocycles. The van der Waals surface area contributed by atoms with Crippen molar-refractivity contribution in [1.82, 2.24) is 9.88 Å². The molecule has 1 aromatic heterocycles. The Morgan fingerprint density at radius 1 is 1.22 bits per heavy atom. The first-order valence-corrected chi connectivity index (χ1v) is 6.86. The van der Waals surface area contributed by atoms with E-state index in [1.807, 2.05) is 0 Å². The summed E-state index contributed by atoms with van der Waals surface area (Å²) in [5, 5.41) is 11.7. The van der Waals surface area contributed by atoms with Crippen LogP contribution in [0.25, 0.3) is 10.9 Å². The van der Waals surface area contributed by atoms with Gasteiger partial charge in [0.15, 0.2) is 0 Å². The monoisotopic (exact) mass is 242 g/mol. The molecule has 1 saturated heterocycles. The lowest BCUT2D eigenvalue weighted by Crippen LogP contribution is -2.45. The summed E-state index contributed by atoms with van der Waals surface area (Å²) in [6.07, 6.45) is 2.93. The third-order valence-corrected chi connectivity index (χ3v) is 4.49. The van der Waals surface area contributed by atoms with Crippen LogP contribution in [0.4, 0.5) is 0 Å². The molecule has 94 valence electrons. The summed E-state index contributed by atoms with van der Waals surface area (Å²) in [4.78, 5) is 5.98. The third-order valence-electron chi connectivity index (χ3n) is 4.49. The number of aliphatic hydroxyl groups excluding tert-OH is 1. The maximum absolute atomic E-state index is 10.3. The van der Waals surface area contributed by atoms with Gasteiger partial charge < -0.3 is 10.1 Å². The van der Waals surface area contributed by atoms with Crippen molar-refractivity contribution in [2.75, 3.05) is 13.1 Å². The van der Waals surface area contributed by atoms with Gasteiger partial charge in [0.1, 0.15) is 0 Å². The van der Waals surface area contributed by atoms with Gasteiger partial charge in [-0.3, -0.25) is 4.90 Å². The Morgan fingerprint density at radius 3 is 3.06 bits per heavy atom. The average Bonchev–Trinajstić information content (AvgIpc) is 2.77. The number of para-hydroxylation sites is 1. The molecule has 2 N–H and O–H groups in total. The fourth-order valence-corrected chi connectivity index (χ4v) is 3.67. The minimum atomic E-state index is -0.217. The lowest BCUT2D eigenvalue weighted by Gasteiger charge is -2.42. The first-order valence-electron chi connectivity index (χ1n) is 6.86. The summed E-state index contributed by atoms with van der Waals surface area (Å²) < 4.78 is 0. The highest BCUT2D eigenvalue weighted by Crippen LogP contribution is 2.39. The van der Waals surface area contributed by atoms with Gasteiger partial charge in [-0.25, -0.2) is 0 Å². The number of piperidine rings is 1. The number of aromatic amines is 1. The number of hydrogen-bond donors (Lipinski definition) is 2. The highest BCUT2D eigenvalue weighted by Gasteiger charge is 2.37. The number of nitrogens with zero attached hydrogens (tertiary/aromatic N) is 1. The lowest BCUT2D eigenvalue weighted by atomic mass is 9.89. The van der Waals surface area contributed by atoms with Crippen LogP contribution in [0, 0.1) is 0 Å². The number of hydrogen-bond acceptors (Lipinski definition) is 2. The van der Waals surface area contributed by atoms with Crippen LogP contribution in [0.15, 0.2) is 24.3 Å². The van der Waals surface area contributed by atoms with Gasteiger partial charge in [0, 0.05) is 23.1 Å². The van der Waals surface area contributed by atoms with Gasteiger partial charge in [-0.1, -0.05) is 18.2 Å². The summed E-state index contributed by atoms with van der Waals surface area (Å²) >= 11 is 0. The predicted molar refractivity (Wildman–Crippen MR) is 71.6 cm³/mol. The van der Waals surface area contributed by atoms with E-state index >= 15 is 0 Å². The molecular formula is C15H18N2O. The number of benzene rings is 1. The smallest absolute Gasteiger partial charge is 0.0764 e. The van der Waals surface area contributed by atoms with E-state index in [1.165, 1.54) is 22.2 Å². The zero-order valence-corrected chi connectivity index (χ0v) is 10.4. The van der Waals surface area contributed by atoms with E-state index in [0.29, 0.717) is 0 Å². The van der Waals surface area contributed by atoms with Crippen molar-refractivity contribution in [3.63, 3.8) is 0 Å². The number of H-pyrrole nitrogens is 1. The van der Waals surface area contributed by atoms with E-state index < -0.39 is 0 Å². The van der Waals surface area contributed by atoms with Crippen molar-refractivity contribution >= 4 is 10.9 Å². The Bertz CT molecular complexity index is 589. The molecule has 0 bridgehead atoms. The second-order valence-corrected chi connectivity index (χ2v) is 5.50. The van der Waals surface area contributed by atoms with E-state index in [0.717, 1.165) is 32.4 Å².